The van der Waals surface area contributed by atoms with Crippen LogP contribution >= 0.6 is 0 Å². The lowest BCUT2D eigenvalue weighted by molar-refractivity contribution is 0.0987. The van der Waals surface area contributed by atoms with Crippen LogP contribution in [0.15, 0.2) is 54.6 Å². The summed E-state index contributed by atoms with van der Waals surface area (Å²) in [4.78, 5) is 14.1. The van der Waals surface area contributed by atoms with E-state index in [1.54, 1.807) is 52.6 Å². The molecule has 0 bridgehead atoms. The first-order chi connectivity index (χ1) is 14.1. The second-order valence-electron chi connectivity index (χ2n) is 6.04. The fraction of sp³-hybridized carbons (Fsp3) is 0.190. The number of methoxy groups -OCH3 is 3. The van der Waals surface area contributed by atoms with Crippen LogP contribution in [0.25, 0.3) is 0 Å². The van der Waals surface area contributed by atoms with Crippen molar-refractivity contribution in [3.8, 4) is 17.2 Å². The predicted molar refractivity (Wildman–Crippen MR) is 111 cm³/mol. The van der Waals surface area contributed by atoms with Gasteiger partial charge in [-0.3, -0.25) is 4.79 Å². The topological polar surface area (TPSA) is 85.8 Å². The van der Waals surface area contributed by atoms with Crippen LogP contribution in [0.2, 0.25) is 0 Å². The highest BCUT2D eigenvalue weighted by atomic mass is 16.5. The second kappa shape index (κ2) is 8.92. The molecule has 0 saturated heterocycles. The highest BCUT2D eigenvalue weighted by molar-refractivity contribution is 6.04. The zero-order chi connectivity index (χ0) is 20.8. The fourth-order valence-electron chi connectivity index (χ4n) is 2.75. The number of anilines is 3. The van der Waals surface area contributed by atoms with Crippen LogP contribution in [0.1, 0.15) is 10.5 Å². The van der Waals surface area contributed by atoms with Gasteiger partial charge in [-0.05, 0) is 24.3 Å². The molecule has 0 saturated carbocycles. The summed E-state index contributed by atoms with van der Waals surface area (Å²) in [6, 6.07) is 16.2. The van der Waals surface area contributed by atoms with Crippen LogP contribution in [-0.2, 0) is 0 Å². The van der Waals surface area contributed by atoms with Crippen molar-refractivity contribution in [1.82, 2.24) is 10.2 Å². The lowest BCUT2D eigenvalue weighted by Crippen LogP contribution is -2.27. The van der Waals surface area contributed by atoms with Crippen molar-refractivity contribution in [1.29, 1.82) is 0 Å². The van der Waals surface area contributed by atoms with Crippen molar-refractivity contribution >= 4 is 23.1 Å². The number of para-hydroxylation sites is 1. The number of aromatic nitrogens is 2. The number of hydrogen-bond acceptors (Lipinski definition) is 7. The third-order valence-corrected chi connectivity index (χ3v) is 4.27. The standard InChI is InChI=1S/C21H22N4O4/c1-25(15-8-6-5-7-9-15)21(26)16-10-11-19(24-23-16)22-14-12-17(27-2)20(29-4)18(13-14)28-3/h5-13H,1-4H3,(H,22,24). The molecule has 0 aliphatic heterocycles. The first kappa shape index (κ1) is 19.9. The van der Waals surface area contributed by atoms with Gasteiger partial charge >= 0.3 is 0 Å². The Labute approximate surface area is 169 Å². The average molecular weight is 394 g/mol. The summed E-state index contributed by atoms with van der Waals surface area (Å²) in [6.07, 6.45) is 0. The summed E-state index contributed by atoms with van der Waals surface area (Å²) < 4.78 is 16.0. The van der Waals surface area contributed by atoms with Gasteiger partial charge in [0.05, 0.1) is 21.3 Å². The van der Waals surface area contributed by atoms with Gasteiger partial charge in [0.2, 0.25) is 5.75 Å². The molecule has 0 atom stereocenters. The Bertz CT molecular complexity index is 953. The Morgan fingerprint density at radius 2 is 1.55 bits per heavy atom. The number of rotatable bonds is 7. The van der Waals surface area contributed by atoms with E-state index in [1.165, 1.54) is 4.90 Å². The molecule has 1 aromatic heterocycles. The van der Waals surface area contributed by atoms with Crippen molar-refractivity contribution in [2.45, 2.75) is 0 Å². The lowest BCUT2D eigenvalue weighted by Gasteiger charge is -2.16. The van der Waals surface area contributed by atoms with E-state index in [9.17, 15) is 4.79 Å². The molecular weight excluding hydrogens is 372 g/mol. The second-order valence-corrected chi connectivity index (χ2v) is 6.04. The van der Waals surface area contributed by atoms with Gasteiger partial charge < -0.3 is 24.4 Å². The zero-order valence-corrected chi connectivity index (χ0v) is 16.7. The third kappa shape index (κ3) is 4.37. The van der Waals surface area contributed by atoms with E-state index >= 15 is 0 Å². The number of carbonyl (C=O) groups excluding carboxylic acids is 1. The lowest BCUT2D eigenvalue weighted by atomic mass is 10.2. The Balaban J connectivity index is 1.78. The summed E-state index contributed by atoms with van der Waals surface area (Å²) in [5, 5.41) is 11.3. The molecule has 0 spiro atoms. The summed E-state index contributed by atoms with van der Waals surface area (Å²) in [5.74, 6) is 1.75. The summed E-state index contributed by atoms with van der Waals surface area (Å²) in [7, 11) is 6.33. The molecule has 0 unspecified atom stereocenters. The molecule has 29 heavy (non-hydrogen) atoms. The van der Waals surface area contributed by atoms with Gasteiger partial charge in [-0.1, -0.05) is 18.2 Å². The maximum Gasteiger partial charge on any atom is 0.278 e. The molecule has 0 aliphatic rings. The van der Waals surface area contributed by atoms with E-state index in [1.807, 2.05) is 30.3 Å². The third-order valence-electron chi connectivity index (χ3n) is 4.27. The van der Waals surface area contributed by atoms with Crippen LogP contribution in [0.4, 0.5) is 17.2 Å². The van der Waals surface area contributed by atoms with E-state index in [0.717, 1.165) is 5.69 Å². The van der Waals surface area contributed by atoms with Gasteiger partial charge in [-0.2, -0.15) is 0 Å². The van der Waals surface area contributed by atoms with E-state index in [4.69, 9.17) is 14.2 Å². The first-order valence-electron chi connectivity index (χ1n) is 8.81. The fourth-order valence-corrected chi connectivity index (χ4v) is 2.75. The highest BCUT2D eigenvalue weighted by Gasteiger charge is 2.16. The minimum atomic E-state index is -0.247. The molecular formula is C21H22N4O4. The Hall–Kier alpha value is -3.81. The van der Waals surface area contributed by atoms with Crippen molar-refractivity contribution < 1.29 is 19.0 Å². The molecule has 1 heterocycles. The zero-order valence-electron chi connectivity index (χ0n) is 16.7. The quantitative estimate of drug-likeness (QED) is 0.656. The Morgan fingerprint density at radius 1 is 0.897 bits per heavy atom. The summed E-state index contributed by atoms with van der Waals surface area (Å²) in [5.41, 5.74) is 1.69. The van der Waals surface area contributed by atoms with E-state index in [2.05, 4.69) is 15.5 Å². The minimum absolute atomic E-state index is 0.242. The van der Waals surface area contributed by atoms with Crippen LogP contribution in [0.3, 0.4) is 0 Å². The molecule has 3 rings (SSSR count). The maximum atomic E-state index is 12.6. The number of amides is 1. The molecule has 0 fully saturated rings. The Kier molecular flexibility index (Phi) is 6.13. The minimum Gasteiger partial charge on any atom is -0.493 e. The van der Waals surface area contributed by atoms with Crippen LogP contribution in [0.5, 0.6) is 17.2 Å². The normalized spacial score (nSPS) is 10.2. The molecule has 1 N–H and O–H groups in total. The largest absolute Gasteiger partial charge is 0.493 e. The molecule has 0 radical (unpaired) electrons. The van der Waals surface area contributed by atoms with Crippen molar-refractivity contribution in [3.63, 3.8) is 0 Å². The predicted octanol–water partition coefficient (Wildman–Crippen LogP) is 3.52. The van der Waals surface area contributed by atoms with Crippen LogP contribution < -0.4 is 24.4 Å². The molecule has 3 aromatic rings. The summed E-state index contributed by atoms with van der Waals surface area (Å²) in [6.45, 7) is 0. The molecule has 8 nitrogen and oxygen atoms in total. The van der Waals surface area contributed by atoms with Gasteiger partial charge in [-0.15, -0.1) is 10.2 Å². The number of hydrogen-bond donors (Lipinski definition) is 1. The van der Waals surface area contributed by atoms with Gasteiger partial charge in [-0.25, -0.2) is 0 Å². The van der Waals surface area contributed by atoms with Gasteiger partial charge in [0.25, 0.3) is 5.91 Å². The maximum absolute atomic E-state index is 12.6. The number of carbonyl (C=O) groups is 1. The highest BCUT2D eigenvalue weighted by Crippen LogP contribution is 2.40. The number of ether oxygens (including phenoxy) is 3. The van der Waals surface area contributed by atoms with Crippen molar-refractivity contribution in [2.24, 2.45) is 0 Å². The van der Waals surface area contributed by atoms with Crippen molar-refractivity contribution in [3.05, 3.63) is 60.3 Å². The summed E-state index contributed by atoms with van der Waals surface area (Å²) >= 11 is 0. The Morgan fingerprint density at radius 3 is 2.07 bits per heavy atom. The van der Waals surface area contributed by atoms with E-state index in [0.29, 0.717) is 28.8 Å². The SMILES string of the molecule is COc1cc(Nc2ccc(C(=O)N(C)c3ccccc3)nn2)cc(OC)c1OC. The molecule has 2 aromatic carbocycles. The van der Waals surface area contributed by atoms with Crippen LogP contribution in [0, 0.1) is 0 Å². The van der Waals surface area contributed by atoms with Gasteiger partial charge in [0.1, 0.15) is 0 Å². The molecule has 150 valence electrons. The van der Waals surface area contributed by atoms with E-state index < -0.39 is 0 Å². The first-order valence-corrected chi connectivity index (χ1v) is 8.81. The van der Waals surface area contributed by atoms with Gasteiger partial charge in [0.15, 0.2) is 23.0 Å². The molecule has 0 aliphatic carbocycles. The smallest absolute Gasteiger partial charge is 0.278 e. The average Bonchev–Trinajstić information content (AvgIpc) is 2.78. The van der Waals surface area contributed by atoms with Gasteiger partial charge in [0, 0.05) is 30.6 Å². The number of nitrogens with zero attached hydrogens (tertiary/aromatic N) is 3. The molecule has 8 heteroatoms. The van der Waals surface area contributed by atoms with Crippen molar-refractivity contribution in [2.75, 3.05) is 38.6 Å². The number of nitrogens with one attached hydrogen (secondary N) is 1. The molecule has 1 amide bonds. The van der Waals surface area contributed by atoms with E-state index in [-0.39, 0.29) is 11.6 Å². The number of benzene rings is 2. The van der Waals surface area contributed by atoms with Crippen LogP contribution in [-0.4, -0.2) is 44.5 Å². The monoisotopic (exact) mass is 394 g/mol.